The molecular formula is C14H17ClF3N3O. The van der Waals surface area contributed by atoms with Crippen molar-refractivity contribution < 1.29 is 18.0 Å². The predicted molar refractivity (Wildman–Crippen MR) is 78.7 cm³/mol. The molecule has 0 saturated carbocycles. The fourth-order valence-corrected chi connectivity index (χ4v) is 2.60. The second-order valence-electron chi connectivity index (χ2n) is 5.32. The van der Waals surface area contributed by atoms with Gasteiger partial charge in [-0.25, -0.2) is 0 Å². The van der Waals surface area contributed by atoms with E-state index in [0.29, 0.717) is 13.1 Å². The first-order valence-corrected chi connectivity index (χ1v) is 7.28. The summed E-state index contributed by atoms with van der Waals surface area (Å²) in [5.41, 5.74) is 4.43. The van der Waals surface area contributed by atoms with Gasteiger partial charge in [0.1, 0.15) is 0 Å². The second kappa shape index (κ2) is 6.85. The number of hydrogen-bond donors (Lipinski definition) is 2. The lowest BCUT2D eigenvalue weighted by Gasteiger charge is -2.29. The Hall–Kier alpha value is -1.31. The van der Waals surface area contributed by atoms with Gasteiger partial charge in [0.2, 0.25) is 5.91 Å². The normalized spacial score (nSPS) is 17.5. The highest BCUT2D eigenvalue weighted by Gasteiger charge is 2.35. The molecule has 0 unspecified atom stereocenters. The smallest absolute Gasteiger partial charge is 0.328 e. The Morgan fingerprint density at radius 1 is 1.36 bits per heavy atom. The molecule has 2 rings (SSSR count). The molecule has 0 aromatic heterocycles. The fraction of sp³-hybridized carbons (Fsp3) is 0.500. The van der Waals surface area contributed by atoms with Gasteiger partial charge in [-0.3, -0.25) is 9.69 Å². The van der Waals surface area contributed by atoms with Crippen molar-refractivity contribution in [1.82, 2.24) is 4.90 Å². The summed E-state index contributed by atoms with van der Waals surface area (Å²) in [5.74, 6) is -0.519. The van der Waals surface area contributed by atoms with Crippen LogP contribution >= 0.6 is 11.6 Å². The quantitative estimate of drug-likeness (QED) is 0.893. The fourth-order valence-electron chi connectivity index (χ4n) is 2.38. The SMILES string of the molecule is NC1CCN(CC(=O)Nc2c(Cl)cccc2C(F)(F)F)CC1. The van der Waals surface area contributed by atoms with Gasteiger partial charge in [0, 0.05) is 19.1 Å². The maximum Gasteiger partial charge on any atom is 0.418 e. The zero-order valence-corrected chi connectivity index (χ0v) is 12.5. The van der Waals surface area contributed by atoms with E-state index in [2.05, 4.69) is 5.32 Å². The summed E-state index contributed by atoms with van der Waals surface area (Å²) in [6.07, 6.45) is -3.04. The Bertz CT molecular complexity index is 543. The molecule has 0 atom stereocenters. The van der Waals surface area contributed by atoms with Crippen LogP contribution in [0.15, 0.2) is 18.2 Å². The molecule has 1 fully saturated rings. The number of benzene rings is 1. The van der Waals surface area contributed by atoms with Crippen LogP contribution in [0.2, 0.25) is 5.02 Å². The van der Waals surface area contributed by atoms with Gasteiger partial charge in [-0.15, -0.1) is 0 Å². The molecule has 0 aliphatic carbocycles. The lowest BCUT2D eigenvalue weighted by molar-refractivity contribution is -0.137. The van der Waals surface area contributed by atoms with Gasteiger partial charge in [0.25, 0.3) is 0 Å². The maximum absolute atomic E-state index is 12.9. The third-order valence-electron chi connectivity index (χ3n) is 3.58. The third-order valence-corrected chi connectivity index (χ3v) is 3.90. The highest BCUT2D eigenvalue weighted by molar-refractivity contribution is 6.34. The van der Waals surface area contributed by atoms with Crippen molar-refractivity contribution >= 4 is 23.2 Å². The van der Waals surface area contributed by atoms with Crippen molar-refractivity contribution in [3.8, 4) is 0 Å². The number of amides is 1. The summed E-state index contributed by atoms with van der Waals surface area (Å²) in [4.78, 5) is 13.8. The number of piperidine rings is 1. The van der Waals surface area contributed by atoms with Crippen LogP contribution in [-0.4, -0.2) is 36.5 Å². The number of carbonyl (C=O) groups is 1. The molecule has 1 aromatic carbocycles. The minimum atomic E-state index is -4.58. The Morgan fingerprint density at radius 2 is 2.00 bits per heavy atom. The van der Waals surface area contributed by atoms with Gasteiger partial charge < -0.3 is 11.1 Å². The molecule has 1 saturated heterocycles. The Labute approximate surface area is 131 Å². The lowest BCUT2D eigenvalue weighted by Crippen LogP contribution is -2.43. The van der Waals surface area contributed by atoms with E-state index in [-0.39, 0.29) is 17.6 Å². The number of nitrogens with two attached hydrogens (primary N) is 1. The first kappa shape index (κ1) is 17.1. The molecule has 1 aromatic rings. The van der Waals surface area contributed by atoms with E-state index in [1.807, 2.05) is 4.90 Å². The van der Waals surface area contributed by atoms with Crippen molar-refractivity contribution in [2.45, 2.75) is 25.1 Å². The van der Waals surface area contributed by atoms with Crippen LogP contribution in [0, 0.1) is 0 Å². The molecule has 1 amide bonds. The van der Waals surface area contributed by atoms with E-state index in [1.54, 1.807) is 0 Å². The first-order chi connectivity index (χ1) is 10.3. The Kier molecular flexibility index (Phi) is 5.31. The van der Waals surface area contributed by atoms with Crippen LogP contribution < -0.4 is 11.1 Å². The van der Waals surface area contributed by atoms with Gasteiger partial charge in [-0.2, -0.15) is 13.2 Å². The highest BCUT2D eigenvalue weighted by atomic mass is 35.5. The number of halogens is 4. The second-order valence-corrected chi connectivity index (χ2v) is 5.73. The topological polar surface area (TPSA) is 58.4 Å². The lowest BCUT2D eigenvalue weighted by atomic mass is 10.1. The highest BCUT2D eigenvalue weighted by Crippen LogP contribution is 2.38. The number of nitrogens with zero attached hydrogens (tertiary/aromatic N) is 1. The van der Waals surface area contributed by atoms with Crippen LogP contribution in [0.25, 0.3) is 0 Å². The van der Waals surface area contributed by atoms with Crippen LogP contribution in [0.4, 0.5) is 18.9 Å². The molecule has 0 spiro atoms. The number of alkyl halides is 3. The average molecular weight is 336 g/mol. The van der Waals surface area contributed by atoms with Gasteiger partial charge >= 0.3 is 6.18 Å². The number of likely N-dealkylation sites (tertiary alicyclic amines) is 1. The van der Waals surface area contributed by atoms with Gasteiger partial charge in [0.05, 0.1) is 22.8 Å². The van der Waals surface area contributed by atoms with Crippen LogP contribution in [0.1, 0.15) is 18.4 Å². The van der Waals surface area contributed by atoms with E-state index in [4.69, 9.17) is 17.3 Å². The number of para-hydroxylation sites is 1. The molecule has 8 heteroatoms. The molecule has 1 aliphatic heterocycles. The van der Waals surface area contributed by atoms with Crippen molar-refractivity contribution in [2.24, 2.45) is 5.73 Å². The zero-order chi connectivity index (χ0) is 16.3. The van der Waals surface area contributed by atoms with E-state index in [0.717, 1.165) is 18.9 Å². The Morgan fingerprint density at radius 3 is 2.59 bits per heavy atom. The van der Waals surface area contributed by atoms with E-state index < -0.39 is 23.3 Å². The number of carbonyl (C=O) groups excluding carboxylic acids is 1. The maximum atomic E-state index is 12.9. The number of rotatable bonds is 3. The minimum absolute atomic E-state index is 0.0231. The van der Waals surface area contributed by atoms with Crippen molar-refractivity contribution in [2.75, 3.05) is 25.0 Å². The van der Waals surface area contributed by atoms with Gasteiger partial charge in [0.15, 0.2) is 0 Å². The van der Waals surface area contributed by atoms with Crippen molar-refractivity contribution in [3.05, 3.63) is 28.8 Å². The molecular weight excluding hydrogens is 319 g/mol. The van der Waals surface area contributed by atoms with Crippen LogP contribution in [-0.2, 0) is 11.0 Å². The first-order valence-electron chi connectivity index (χ1n) is 6.91. The van der Waals surface area contributed by atoms with Crippen molar-refractivity contribution in [1.29, 1.82) is 0 Å². The number of anilines is 1. The summed E-state index contributed by atoms with van der Waals surface area (Å²) in [6.45, 7) is 1.34. The van der Waals surface area contributed by atoms with E-state index >= 15 is 0 Å². The van der Waals surface area contributed by atoms with Gasteiger partial charge in [-0.1, -0.05) is 17.7 Å². The zero-order valence-electron chi connectivity index (χ0n) is 11.8. The summed E-state index contributed by atoms with van der Waals surface area (Å²) >= 11 is 5.80. The number of hydrogen-bond acceptors (Lipinski definition) is 3. The molecule has 3 N–H and O–H groups in total. The predicted octanol–water partition coefficient (Wildman–Crippen LogP) is 2.72. The monoisotopic (exact) mass is 335 g/mol. The largest absolute Gasteiger partial charge is 0.418 e. The van der Waals surface area contributed by atoms with Crippen molar-refractivity contribution in [3.63, 3.8) is 0 Å². The number of nitrogens with one attached hydrogen (secondary N) is 1. The molecule has 1 heterocycles. The average Bonchev–Trinajstić information content (AvgIpc) is 2.42. The van der Waals surface area contributed by atoms with Crippen LogP contribution in [0.5, 0.6) is 0 Å². The standard InChI is InChI=1S/C14H17ClF3N3O/c15-11-3-1-2-10(14(16,17)18)13(11)20-12(22)8-21-6-4-9(19)5-7-21/h1-3,9H,4-8,19H2,(H,20,22). The molecule has 0 radical (unpaired) electrons. The third kappa shape index (κ3) is 4.34. The molecule has 0 bridgehead atoms. The summed E-state index contributed by atoms with van der Waals surface area (Å²) in [6, 6.07) is 3.53. The van der Waals surface area contributed by atoms with E-state index in [1.165, 1.54) is 12.1 Å². The van der Waals surface area contributed by atoms with Crippen LogP contribution in [0.3, 0.4) is 0 Å². The molecule has 4 nitrogen and oxygen atoms in total. The summed E-state index contributed by atoms with van der Waals surface area (Å²) < 4.78 is 38.8. The minimum Gasteiger partial charge on any atom is -0.328 e. The summed E-state index contributed by atoms with van der Waals surface area (Å²) in [7, 11) is 0. The molecule has 122 valence electrons. The van der Waals surface area contributed by atoms with Gasteiger partial charge in [-0.05, 0) is 25.0 Å². The van der Waals surface area contributed by atoms with E-state index in [9.17, 15) is 18.0 Å². The Balaban J connectivity index is 2.05. The summed E-state index contributed by atoms with van der Waals surface area (Å²) in [5, 5.41) is 2.14. The molecule has 22 heavy (non-hydrogen) atoms. The molecule has 1 aliphatic rings.